The zero-order chi connectivity index (χ0) is 11.3. The first kappa shape index (κ1) is 12.5. The van der Waals surface area contributed by atoms with Crippen LogP contribution in [0.15, 0.2) is 0 Å². The van der Waals surface area contributed by atoms with Gasteiger partial charge in [0.2, 0.25) is 5.91 Å². The average Bonchev–Trinajstić information content (AvgIpc) is 2.27. The molecule has 1 heterocycles. The summed E-state index contributed by atoms with van der Waals surface area (Å²) in [7, 11) is 1.83. The molecule has 1 aliphatic heterocycles. The molecule has 0 aliphatic carbocycles. The molecule has 0 bridgehead atoms. The van der Waals surface area contributed by atoms with Crippen molar-refractivity contribution >= 4 is 5.91 Å². The Morgan fingerprint density at radius 2 is 2.40 bits per heavy atom. The largest absolute Gasteiger partial charge is 0.393 e. The lowest BCUT2D eigenvalue weighted by Gasteiger charge is -2.32. The number of hydrogen-bond donors (Lipinski definition) is 2. The normalized spacial score (nSPS) is 24.3. The lowest BCUT2D eigenvalue weighted by molar-refractivity contribution is -0.136. The van der Waals surface area contributed by atoms with Gasteiger partial charge in [0.05, 0.1) is 12.1 Å². The summed E-state index contributed by atoms with van der Waals surface area (Å²) < 4.78 is 0. The molecule has 1 rings (SSSR count). The molecule has 0 aromatic heterocycles. The summed E-state index contributed by atoms with van der Waals surface area (Å²) in [5, 5.41) is 12.5. The van der Waals surface area contributed by atoms with E-state index in [1.807, 2.05) is 18.9 Å². The molecule has 88 valence electrons. The number of nitrogens with one attached hydrogen (secondary N) is 1. The molecule has 0 spiro atoms. The molecule has 1 amide bonds. The van der Waals surface area contributed by atoms with Gasteiger partial charge in [0, 0.05) is 13.1 Å². The molecule has 4 nitrogen and oxygen atoms in total. The summed E-state index contributed by atoms with van der Waals surface area (Å²) >= 11 is 0. The van der Waals surface area contributed by atoms with Crippen LogP contribution < -0.4 is 5.32 Å². The minimum atomic E-state index is -0.271. The number of hydrogen-bond acceptors (Lipinski definition) is 3. The van der Waals surface area contributed by atoms with Gasteiger partial charge in [-0.3, -0.25) is 4.79 Å². The number of likely N-dealkylation sites (N-methyl/N-ethyl adjacent to an activating group) is 1. The number of carbonyl (C=O) groups excluding carboxylic acids is 1. The Morgan fingerprint density at radius 3 is 3.00 bits per heavy atom. The van der Waals surface area contributed by atoms with Crippen LogP contribution in [-0.2, 0) is 4.79 Å². The van der Waals surface area contributed by atoms with Gasteiger partial charge in [-0.1, -0.05) is 6.92 Å². The van der Waals surface area contributed by atoms with Gasteiger partial charge in [0.1, 0.15) is 0 Å². The molecule has 1 saturated heterocycles. The minimum absolute atomic E-state index is 0.0162. The zero-order valence-electron chi connectivity index (χ0n) is 9.70. The molecule has 0 radical (unpaired) electrons. The number of rotatable bonds is 5. The topological polar surface area (TPSA) is 52.6 Å². The summed E-state index contributed by atoms with van der Waals surface area (Å²) in [4.78, 5) is 13.7. The van der Waals surface area contributed by atoms with E-state index in [2.05, 4.69) is 5.32 Å². The summed E-state index contributed by atoms with van der Waals surface area (Å²) in [6, 6.07) is -0.0162. The van der Waals surface area contributed by atoms with Crippen LogP contribution in [0.4, 0.5) is 0 Å². The lowest BCUT2D eigenvalue weighted by Crippen LogP contribution is -2.50. The Kier molecular flexibility index (Phi) is 5.05. The maximum absolute atomic E-state index is 11.8. The van der Waals surface area contributed by atoms with Gasteiger partial charge in [-0.2, -0.15) is 0 Å². The Labute approximate surface area is 91.6 Å². The summed E-state index contributed by atoms with van der Waals surface area (Å²) in [5.74, 6) is 0.187. The number of likely N-dealkylation sites (tertiary alicyclic amines) is 1. The summed E-state index contributed by atoms with van der Waals surface area (Å²) in [6.45, 7) is 3.48. The first-order valence-corrected chi connectivity index (χ1v) is 5.83. The van der Waals surface area contributed by atoms with Crippen LogP contribution in [0.3, 0.4) is 0 Å². The maximum Gasteiger partial charge on any atom is 0.239 e. The van der Waals surface area contributed by atoms with Crippen molar-refractivity contribution in [1.82, 2.24) is 10.2 Å². The average molecular weight is 214 g/mol. The predicted octanol–water partition coefficient (Wildman–Crippen LogP) is 0.358. The molecule has 1 aliphatic rings. The third kappa shape index (κ3) is 3.47. The van der Waals surface area contributed by atoms with Gasteiger partial charge in [-0.25, -0.2) is 0 Å². The number of aliphatic hydroxyl groups is 1. The van der Waals surface area contributed by atoms with Crippen LogP contribution in [-0.4, -0.2) is 48.2 Å². The van der Waals surface area contributed by atoms with Crippen molar-refractivity contribution in [3.8, 4) is 0 Å². The zero-order valence-corrected chi connectivity index (χ0v) is 9.70. The van der Waals surface area contributed by atoms with E-state index in [4.69, 9.17) is 0 Å². The van der Waals surface area contributed by atoms with E-state index in [9.17, 15) is 9.90 Å². The molecule has 0 saturated carbocycles. The van der Waals surface area contributed by atoms with Crippen molar-refractivity contribution in [2.45, 2.75) is 44.8 Å². The molecule has 0 aromatic carbocycles. The fourth-order valence-corrected chi connectivity index (χ4v) is 1.94. The Hall–Kier alpha value is -0.610. The van der Waals surface area contributed by atoms with Crippen LogP contribution in [0.5, 0.6) is 0 Å². The molecule has 0 aromatic rings. The van der Waals surface area contributed by atoms with Crippen molar-refractivity contribution in [2.24, 2.45) is 0 Å². The SMILES string of the molecule is CCC(O)CCN1CCCC(NC)C1=O. The maximum atomic E-state index is 11.8. The summed E-state index contributed by atoms with van der Waals surface area (Å²) in [5.41, 5.74) is 0. The fraction of sp³-hybridized carbons (Fsp3) is 0.909. The molecular weight excluding hydrogens is 192 g/mol. The second-order valence-electron chi connectivity index (χ2n) is 4.16. The molecule has 2 unspecified atom stereocenters. The van der Waals surface area contributed by atoms with Crippen LogP contribution in [0.2, 0.25) is 0 Å². The van der Waals surface area contributed by atoms with Crippen LogP contribution in [0.25, 0.3) is 0 Å². The number of carbonyl (C=O) groups is 1. The van der Waals surface area contributed by atoms with Crippen molar-refractivity contribution < 1.29 is 9.90 Å². The molecule has 1 fully saturated rings. The third-order valence-electron chi connectivity index (χ3n) is 3.08. The van der Waals surface area contributed by atoms with E-state index in [0.29, 0.717) is 13.0 Å². The predicted molar refractivity (Wildman–Crippen MR) is 59.6 cm³/mol. The van der Waals surface area contributed by atoms with Crippen LogP contribution >= 0.6 is 0 Å². The van der Waals surface area contributed by atoms with E-state index in [-0.39, 0.29) is 18.1 Å². The van der Waals surface area contributed by atoms with Gasteiger partial charge in [-0.05, 0) is 32.7 Å². The standard InChI is InChI=1S/C11H22N2O2/c1-3-9(14)6-8-13-7-4-5-10(12-2)11(13)15/h9-10,12,14H,3-8H2,1-2H3. The first-order chi connectivity index (χ1) is 7.19. The first-order valence-electron chi connectivity index (χ1n) is 5.83. The highest BCUT2D eigenvalue weighted by atomic mass is 16.3. The van der Waals surface area contributed by atoms with E-state index in [0.717, 1.165) is 25.8 Å². The highest BCUT2D eigenvalue weighted by molar-refractivity contribution is 5.82. The van der Waals surface area contributed by atoms with Gasteiger partial charge < -0.3 is 15.3 Å². The van der Waals surface area contributed by atoms with Crippen LogP contribution in [0.1, 0.15) is 32.6 Å². The highest BCUT2D eigenvalue weighted by Crippen LogP contribution is 2.12. The van der Waals surface area contributed by atoms with Gasteiger partial charge >= 0.3 is 0 Å². The molecule has 15 heavy (non-hydrogen) atoms. The van der Waals surface area contributed by atoms with E-state index in [1.54, 1.807) is 0 Å². The van der Waals surface area contributed by atoms with Crippen molar-refractivity contribution in [1.29, 1.82) is 0 Å². The number of aliphatic hydroxyl groups excluding tert-OH is 1. The molecule has 2 atom stereocenters. The van der Waals surface area contributed by atoms with Crippen LogP contribution in [0, 0.1) is 0 Å². The van der Waals surface area contributed by atoms with Gasteiger partial charge in [0.25, 0.3) is 0 Å². The highest BCUT2D eigenvalue weighted by Gasteiger charge is 2.27. The van der Waals surface area contributed by atoms with E-state index < -0.39 is 0 Å². The van der Waals surface area contributed by atoms with Crippen molar-refractivity contribution in [3.63, 3.8) is 0 Å². The monoisotopic (exact) mass is 214 g/mol. The van der Waals surface area contributed by atoms with Crippen molar-refractivity contribution in [3.05, 3.63) is 0 Å². The minimum Gasteiger partial charge on any atom is -0.393 e. The molecule has 2 N–H and O–H groups in total. The van der Waals surface area contributed by atoms with E-state index >= 15 is 0 Å². The Balaban J connectivity index is 2.37. The fourth-order valence-electron chi connectivity index (χ4n) is 1.94. The second kappa shape index (κ2) is 6.08. The van der Waals surface area contributed by atoms with Gasteiger partial charge in [-0.15, -0.1) is 0 Å². The Bertz CT molecular complexity index is 209. The third-order valence-corrected chi connectivity index (χ3v) is 3.08. The smallest absolute Gasteiger partial charge is 0.239 e. The number of piperidine rings is 1. The Morgan fingerprint density at radius 1 is 1.67 bits per heavy atom. The van der Waals surface area contributed by atoms with E-state index in [1.165, 1.54) is 0 Å². The quantitative estimate of drug-likeness (QED) is 0.694. The second-order valence-corrected chi connectivity index (χ2v) is 4.16. The van der Waals surface area contributed by atoms with Crippen molar-refractivity contribution in [2.75, 3.05) is 20.1 Å². The molecular formula is C11H22N2O2. The number of amides is 1. The molecule has 4 heteroatoms. The summed E-state index contributed by atoms with van der Waals surface area (Å²) in [6.07, 6.45) is 3.17. The van der Waals surface area contributed by atoms with Gasteiger partial charge in [0.15, 0.2) is 0 Å². The lowest BCUT2D eigenvalue weighted by atomic mass is 10.0. The number of nitrogens with zero attached hydrogens (tertiary/aromatic N) is 1.